The third-order valence-electron chi connectivity index (χ3n) is 3.91. The highest BCUT2D eigenvalue weighted by Crippen LogP contribution is 2.27. The van der Waals surface area contributed by atoms with Gasteiger partial charge in [-0.25, -0.2) is 0 Å². The summed E-state index contributed by atoms with van der Waals surface area (Å²) < 4.78 is 0. The maximum absolute atomic E-state index is 10.6. The highest BCUT2D eigenvalue weighted by Gasteiger charge is 2.19. The molecule has 0 aromatic heterocycles. The Balaban J connectivity index is 1.95. The van der Waals surface area contributed by atoms with E-state index in [0.717, 1.165) is 26.2 Å². The first-order valence-electron chi connectivity index (χ1n) is 7.36. The predicted molar refractivity (Wildman–Crippen MR) is 81.4 cm³/mol. The quantitative estimate of drug-likeness (QED) is 0.897. The highest BCUT2D eigenvalue weighted by atomic mass is 16.4. The van der Waals surface area contributed by atoms with Gasteiger partial charge in [-0.2, -0.15) is 0 Å². The lowest BCUT2D eigenvalue weighted by Gasteiger charge is -2.37. The lowest BCUT2D eigenvalue weighted by molar-refractivity contribution is -0.137. The van der Waals surface area contributed by atoms with Crippen LogP contribution in [0.4, 0.5) is 5.69 Å². The van der Waals surface area contributed by atoms with Gasteiger partial charge < -0.3 is 10.0 Å². The van der Waals surface area contributed by atoms with Gasteiger partial charge in [-0.3, -0.25) is 9.69 Å². The van der Waals surface area contributed by atoms with Crippen LogP contribution >= 0.6 is 0 Å². The molecule has 1 aromatic carbocycles. The molecule has 0 spiro atoms. The topological polar surface area (TPSA) is 43.8 Å². The lowest BCUT2D eigenvalue weighted by atomic mass is 10.00. The summed E-state index contributed by atoms with van der Waals surface area (Å²) in [5.41, 5.74) is 2.73. The monoisotopic (exact) mass is 276 g/mol. The number of hydrogen-bond acceptors (Lipinski definition) is 3. The molecule has 1 aliphatic heterocycles. The van der Waals surface area contributed by atoms with Crippen molar-refractivity contribution in [1.29, 1.82) is 0 Å². The van der Waals surface area contributed by atoms with Crippen LogP contribution in [0.25, 0.3) is 0 Å². The summed E-state index contributed by atoms with van der Waals surface area (Å²) in [6.07, 6.45) is 0.239. The number of rotatable bonds is 5. The highest BCUT2D eigenvalue weighted by molar-refractivity contribution is 5.66. The van der Waals surface area contributed by atoms with E-state index in [9.17, 15) is 4.79 Å². The number of nitrogens with zero attached hydrogens (tertiary/aromatic N) is 2. The molecular formula is C16H24N2O2. The van der Waals surface area contributed by atoms with Crippen molar-refractivity contribution in [2.24, 2.45) is 0 Å². The van der Waals surface area contributed by atoms with Crippen molar-refractivity contribution in [2.75, 3.05) is 37.6 Å². The van der Waals surface area contributed by atoms with Gasteiger partial charge in [-0.1, -0.05) is 32.0 Å². The zero-order valence-electron chi connectivity index (χ0n) is 12.4. The number of aliphatic carboxylic acids is 1. The Bertz CT molecular complexity index is 452. The van der Waals surface area contributed by atoms with Crippen LogP contribution in [0.1, 0.15) is 31.7 Å². The normalized spacial score (nSPS) is 16.6. The van der Waals surface area contributed by atoms with Gasteiger partial charge in [0.15, 0.2) is 0 Å². The maximum atomic E-state index is 10.6. The summed E-state index contributed by atoms with van der Waals surface area (Å²) in [4.78, 5) is 15.3. The molecule has 0 aliphatic carbocycles. The fourth-order valence-corrected chi connectivity index (χ4v) is 2.73. The molecule has 4 heteroatoms. The summed E-state index contributed by atoms with van der Waals surface area (Å²) in [6.45, 7) is 8.95. The van der Waals surface area contributed by atoms with Gasteiger partial charge >= 0.3 is 5.97 Å². The lowest BCUT2D eigenvalue weighted by Crippen LogP contribution is -2.47. The number of para-hydroxylation sites is 1. The van der Waals surface area contributed by atoms with Crippen LogP contribution in [0.3, 0.4) is 0 Å². The molecule has 2 rings (SSSR count). The van der Waals surface area contributed by atoms with Crippen molar-refractivity contribution < 1.29 is 9.90 Å². The van der Waals surface area contributed by atoms with Crippen LogP contribution in [-0.4, -0.2) is 48.7 Å². The number of hydrogen-bond donors (Lipinski definition) is 1. The zero-order chi connectivity index (χ0) is 14.5. The second kappa shape index (κ2) is 6.75. The fraction of sp³-hybridized carbons (Fsp3) is 0.562. The molecule has 1 heterocycles. The van der Waals surface area contributed by atoms with Crippen LogP contribution < -0.4 is 4.90 Å². The van der Waals surface area contributed by atoms with E-state index in [-0.39, 0.29) is 6.42 Å². The smallest absolute Gasteiger partial charge is 0.304 e. The molecule has 20 heavy (non-hydrogen) atoms. The van der Waals surface area contributed by atoms with Crippen molar-refractivity contribution in [3.8, 4) is 0 Å². The molecule has 0 bridgehead atoms. The Labute approximate surface area is 121 Å². The Morgan fingerprint density at radius 3 is 2.45 bits per heavy atom. The molecule has 1 fully saturated rings. The van der Waals surface area contributed by atoms with Crippen LogP contribution in [0.15, 0.2) is 24.3 Å². The SMILES string of the molecule is CC(C)c1ccccc1N1CCN(CCC(=O)O)CC1. The summed E-state index contributed by atoms with van der Waals surface area (Å²) in [5, 5.41) is 8.73. The van der Waals surface area contributed by atoms with Crippen LogP contribution in [-0.2, 0) is 4.79 Å². The zero-order valence-corrected chi connectivity index (χ0v) is 12.4. The summed E-state index contributed by atoms with van der Waals surface area (Å²) in [5.74, 6) is -0.186. The molecule has 0 unspecified atom stereocenters. The van der Waals surface area contributed by atoms with Gasteiger partial charge in [-0.15, -0.1) is 0 Å². The van der Waals surface area contributed by atoms with E-state index in [1.54, 1.807) is 0 Å². The van der Waals surface area contributed by atoms with E-state index in [1.165, 1.54) is 11.3 Å². The Morgan fingerprint density at radius 1 is 1.20 bits per heavy atom. The summed E-state index contributed by atoms with van der Waals surface area (Å²) >= 11 is 0. The van der Waals surface area contributed by atoms with Gasteiger partial charge in [0.2, 0.25) is 0 Å². The molecule has 0 saturated carbocycles. The molecule has 110 valence electrons. The Morgan fingerprint density at radius 2 is 1.85 bits per heavy atom. The van der Waals surface area contributed by atoms with E-state index in [0.29, 0.717) is 12.5 Å². The molecule has 1 N–H and O–H groups in total. The number of piperazine rings is 1. The van der Waals surface area contributed by atoms with E-state index < -0.39 is 5.97 Å². The first-order valence-corrected chi connectivity index (χ1v) is 7.36. The van der Waals surface area contributed by atoms with Gasteiger partial charge in [0.25, 0.3) is 0 Å². The first-order chi connectivity index (χ1) is 9.58. The van der Waals surface area contributed by atoms with Crippen molar-refractivity contribution in [3.63, 3.8) is 0 Å². The minimum absolute atomic E-state index is 0.239. The Hall–Kier alpha value is -1.55. The van der Waals surface area contributed by atoms with Crippen molar-refractivity contribution >= 4 is 11.7 Å². The van der Waals surface area contributed by atoms with Gasteiger partial charge in [-0.05, 0) is 17.5 Å². The average Bonchev–Trinajstić information content (AvgIpc) is 2.45. The molecule has 1 aliphatic rings. The number of carboxylic acids is 1. The van der Waals surface area contributed by atoms with Crippen LogP contribution in [0.2, 0.25) is 0 Å². The van der Waals surface area contributed by atoms with E-state index in [2.05, 4.69) is 47.9 Å². The molecule has 1 saturated heterocycles. The minimum Gasteiger partial charge on any atom is -0.481 e. The molecular weight excluding hydrogens is 252 g/mol. The number of carboxylic acid groups (broad SMARTS) is 1. The molecule has 0 radical (unpaired) electrons. The number of carbonyl (C=O) groups is 1. The summed E-state index contributed by atoms with van der Waals surface area (Å²) in [6, 6.07) is 8.60. The molecule has 1 aromatic rings. The van der Waals surface area contributed by atoms with Crippen LogP contribution in [0, 0.1) is 0 Å². The molecule has 4 nitrogen and oxygen atoms in total. The van der Waals surface area contributed by atoms with Crippen LogP contribution in [0.5, 0.6) is 0 Å². The third-order valence-corrected chi connectivity index (χ3v) is 3.91. The van der Waals surface area contributed by atoms with Gasteiger partial charge in [0.1, 0.15) is 0 Å². The fourth-order valence-electron chi connectivity index (χ4n) is 2.73. The van der Waals surface area contributed by atoms with E-state index in [4.69, 9.17) is 5.11 Å². The standard InChI is InChI=1S/C16H24N2O2/c1-13(2)14-5-3-4-6-15(14)18-11-9-17(10-12-18)8-7-16(19)20/h3-6,13H,7-12H2,1-2H3,(H,19,20). The predicted octanol–water partition coefficient (Wildman–Crippen LogP) is 2.41. The van der Waals surface area contributed by atoms with E-state index >= 15 is 0 Å². The van der Waals surface area contributed by atoms with Crippen molar-refractivity contribution in [2.45, 2.75) is 26.2 Å². The summed E-state index contributed by atoms with van der Waals surface area (Å²) in [7, 11) is 0. The number of benzene rings is 1. The second-order valence-electron chi connectivity index (χ2n) is 5.69. The average molecular weight is 276 g/mol. The van der Waals surface area contributed by atoms with Gasteiger partial charge in [0, 0.05) is 38.4 Å². The minimum atomic E-state index is -0.711. The second-order valence-corrected chi connectivity index (χ2v) is 5.69. The van der Waals surface area contributed by atoms with Crippen molar-refractivity contribution in [1.82, 2.24) is 4.90 Å². The third kappa shape index (κ3) is 3.73. The largest absolute Gasteiger partial charge is 0.481 e. The first kappa shape index (κ1) is 14.9. The molecule has 0 amide bonds. The molecule has 0 atom stereocenters. The van der Waals surface area contributed by atoms with Gasteiger partial charge in [0.05, 0.1) is 6.42 Å². The van der Waals surface area contributed by atoms with Crippen molar-refractivity contribution in [3.05, 3.63) is 29.8 Å². The number of anilines is 1. The van der Waals surface area contributed by atoms with E-state index in [1.807, 2.05) is 0 Å². The Kier molecular flexibility index (Phi) is 5.01. The maximum Gasteiger partial charge on any atom is 0.304 e.